The minimum absolute atomic E-state index is 0.0315. The Morgan fingerprint density at radius 3 is 1.91 bits per heavy atom. The van der Waals surface area contributed by atoms with Gasteiger partial charge in [0.05, 0.1) is 25.2 Å². The van der Waals surface area contributed by atoms with Gasteiger partial charge < -0.3 is 28.8 Å². The van der Waals surface area contributed by atoms with Crippen LogP contribution in [0.15, 0.2) is 42.5 Å². The van der Waals surface area contributed by atoms with Gasteiger partial charge in [-0.3, -0.25) is 0 Å². The maximum absolute atomic E-state index is 17.4. The molecule has 1 N–H and O–H groups in total. The zero-order valence-corrected chi connectivity index (χ0v) is 29.8. The van der Waals surface area contributed by atoms with E-state index < -0.39 is 35.8 Å². The Morgan fingerprint density at radius 2 is 1.32 bits per heavy atom. The molecule has 2 aromatic rings. The first-order valence-corrected chi connectivity index (χ1v) is 18.1. The van der Waals surface area contributed by atoms with Crippen molar-refractivity contribution in [3.8, 4) is 5.75 Å². The van der Waals surface area contributed by atoms with Crippen LogP contribution >= 0.6 is 11.6 Å². The fourth-order valence-electron chi connectivity index (χ4n) is 6.06. The van der Waals surface area contributed by atoms with Gasteiger partial charge in [0.15, 0.2) is 5.60 Å². The summed E-state index contributed by atoms with van der Waals surface area (Å²) < 4.78 is 65.2. The molecule has 47 heavy (non-hydrogen) atoms. The van der Waals surface area contributed by atoms with Crippen LogP contribution in [0.25, 0.3) is 0 Å². The monoisotopic (exact) mass is 682 g/mol. The van der Waals surface area contributed by atoms with Crippen LogP contribution < -0.4 is 4.74 Å². The van der Waals surface area contributed by atoms with Crippen molar-refractivity contribution in [2.75, 3.05) is 39.6 Å². The molecular formula is C38H57ClF2O6. The summed E-state index contributed by atoms with van der Waals surface area (Å²) in [4.78, 5) is 0. The lowest BCUT2D eigenvalue weighted by Gasteiger charge is -2.55. The molecule has 3 rings (SSSR count). The molecule has 0 bridgehead atoms. The van der Waals surface area contributed by atoms with Gasteiger partial charge in [0, 0.05) is 31.5 Å². The number of benzene rings is 2. The molecule has 1 aliphatic carbocycles. The van der Waals surface area contributed by atoms with Crippen LogP contribution in [0.3, 0.4) is 0 Å². The van der Waals surface area contributed by atoms with Crippen molar-refractivity contribution < 1.29 is 37.6 Å². The number of hydrogen-bond donors (Lipinski definition) is 1. The van der Waals surface area contributed by atoms with E-state index in [2.05, 4.69) is 0 Å². The van der Waals surface area contributed by atoms with Crippen molar-refractivity contribution in [3.05, 3.63) is 64.2 Å². The van der Waals surface area contributed by atoms with Crippen LogP contribution in [0.1, 0.15) is 103 Å². The Balaban J connectivity index is 2.15. The van der Waals surface area contributed by atoms with E-state index in [-0.39, 0.29) is 18.8 Å². The van der Waals surface area contributed by atoms with Gasteiger partial charge >= 0.3 is 0 Å². The maximum Gasteiger partial charge on any atom is 0.290 e. The zero-order valence-electron chi connectivity index (χ0n) is 29.1. The molecule has 0 saturated heterocycles. The third kappa shape index (κ3) is 10.1. The van der Waals surface area contributed by atoms with Crippen LogP contribution in [-0.2, 0) is 31.0 Å². The molecule has 0 aliphatic heterocycles. The lowest BCUT2D eigenvalue weighted by molar-refractivity contribution is -0.347. The average molecular weight is 683 g/mol. The zero-order chi connectivity index (χ0) is 34.3. The first-order chi connectivity index (χ1) is 22.7. The molecule has 0 radical (unpaired) electrons. The highest BCUT2D eigenvalue weighted by molar-refractivity contribution is 6.31. The van der Waals surface area contributed by atoms with Crippen LogP contribution in [0, 0.1) is 5.92 Å². The lowest BCUT2D eigenvalue weighted by Crippen LogP contribution is -2.72. The Hall–Kier alpha value is -1.81. The first-order valence-electron chi connectivity index (χ1n) is 17.7. The maximum atomic E-state index is 17.4. The molecule has 0 spiro atoms. The molecule has 0 unspecified atom stereocenters. The first kappa shape index (κ1) is 39.6. The molecule has 0 aromatic heterocycles. The smallest absolute Gasteiger partial charge is 0.290 e. The van der Waals surface area contributed by atoms with Crippen LogP contribution in [-0.4, -0.2) is 69.0 Å². The second-order valence-electron chi connectivity index (χ2n) is 12.5. The summed E-state index contributed by atoms with van der Waals surface area (Å²) in [5.41, 5.74) is -1.17. The Morgan fingerprint density at radius 1 is 0.745 bits per heavy atom. The summed E-state index contributed by atoms with van der Waals surface area (Å²) in [6.45, 7) is 11.5. The number of ether oxygens (including phenoxy) is 5. The second kappa shape index (κ2) is 20.0. The fourth-order valence-corrected chi connectivity index (χ4v) is 6.24. The lowest BCUT2D eigenvalue weighted by atomic mass is 9.66. The van der Waals surface area contributed by atoms with Crippen LogP contribution in [0.4, 0.5) is 8.78 Å². The van der Waals surface area contributed by atoms with Gasteiger partial charge in [-0.25, -0.2) is 8.78 Å². The SMILES string of the molecule is CCCCOC[C@@H]1[C@@H](OCCCC)[C@H](OCCCC)[C@@H](OCCCC)[C@](O)(c2ccc(Cl)c(Cc3ccc(OCC)cc3)c2)C1(F)F. The molecule has 2 aromatic carbocycles. The van der Waals surface area contributed by atoms with E-state index in [1.165, 1.54) is 6.07 Å². The molecule has 266 valence electrons. The predicted octanol–water partition coefficient (Wildman–Crippen LogP) is 9.15. The summed E-state index contributed by atoms with van der Waals surface area (Å²) in [7, 11) is 0. The highest BCUT2D eigenvalue weighted by Gasteiger charge is 2.72. The highest BCUT2D eigenvalue weighted by Crippen LogP contribution is 2.54. The number of alkyl halides is 2. The van der Waals surface area contributed by atoms with Gasteiger partial charge in [0.25, 0.3) is 5.92 Å². The molecule has 0 heterocycles. The van der Waals surface area contributed by atoms with Crippen LogP contribution in [0.5, 0.6) is 5.75 Å². The average Bonchev–Trinajstić information content (AvgIpc) is 3.06. The summed E-state index contributed by atoms with van der Waals surface area (Å²) >= 11 is 6.67. The van der Waals surface area contributed by atoms with E-state index in [1.807, 2.05) is 58.9 Å². The van der Waals surface area contributed by atoms with Crippen molar-refractivity contribution >= 4 is 11.6 Å². The molecular weight excluding hydrogens is 626 g/mol. The number of rotatable bonds is 22. The summed E-state index contributed by atoms with van der Waals surface area (Å²) in [5, 5.41) is 13.1. The van der Waals surface area contributed by atoms with E-state index in [9.17, 15) is 5.11 Å². The van der Waals surface area contributed by atoms with E-state index >= 15 is 8.78 Å². The number of unbranched alkanes of at least 4 members (excludes halogenated alkanes) is 4. The van der Waals surface area contributed by atoms with Crippen molar-refractivity contribution in [2.24, 2.45) is 5.92 Å². The van der Waals surface area contributed by atoms with E-state index in [0.717, 1.165) is 49.8 Å². The van der Waals surface area contributed by atoms with Gasteiger partial charge in [-0.05, 0) is 73.9 Å². The molecule has 9 heteroatoms. The fraction of sp³-hybridized carbons (Fsp3) is 0.684. The second-order valence-corrected chi connectivity index (χ2v) is 12.9. The largest absolute Gasteiger partial charge is 0.494 e. The highest BCUT2D eigenvalue weighted by atomic mass is 35.5. The number of hydrogen-bond acceptors (Lipinski definition) is 6. The van der Waals surface area contributed by atoms with Gasteiger partial charge in [-0.2, -0.15) is 0 Å². The summed E-state index contributed by atoms with van der Waals surface area (Å²) in [6.07, 6.45) is 3.22. The third-order valence-electron chi connectivity index (χ3n) is 8.87. The van der Waals surface area contributed by atoms with E-state index in [0.29, 0.717) is 56.3 Å². The van der Waals surface area contributed by atoms with E-state index in [4.69, 9.17) is 35.3 Å². The van der Waals surface area contributed by atoms with Gasteiger partial charge in [-0.1, -0.05) is 89.2 Å². The Bertz CT molecular complexity index is 1170. The van der Waals surface area contributed by atoms with Gasteiger partial charge in [-0.15, -0.1) is 0 Å². The van der Waals surface area contributed by atoms with Crippen molar-refractivity contribution in [3.63, 3.8) is 0 Å². The Kier molecular flexibility index (Phi) is 16.9. The normalized spacial score (nSPS) is 24.0. The Labute approximate surface area is 286 Å². The van der Waals surface area contributed by atoms with Crippen molar-refractivity contribution in [1.29, 1.82) is 0 Å². The molecule has 1 fully saturated rings. The molecule has 1 aliphatic rings. The van der Waals surface area contributed by atoms with Gasteiger partial charge in [0.2, 0.25) is 0 Å². The molecule has 6 nitrogen and oxygen atoms in total. The third-order valence-corrected chi connectivity index (χ3v) is 9.24. The van der Waals surface area contributed by atoms with Gasteiger partial charge in [0.1, 0.15) is 18.0 Å². The summed E-state index contributed by atoms with van der Waals surface area (Å²) in [6, 6.07) is 12.3. The van der Waals surface area contributed by atoms with Crippen molar-refractivity contribution in [1.82, 2.24) is 0 Å². The minimum Gasteiger partial charge on any atom is -0.494 e. The molecule has 1 saturated carbocycles. The van der Waals surface area contributed by atoms with Crippen molar-refractivity contribution in [2.45, 2.75) is 122 Å². The molecule has 0 amide bonds. The summed E-state index contributed by atoms with van der Waals surface area (Å²) in [5.74, 6) is -4.44. The quantitative estimate of drug-likeness (QED) is 0.125. The number of halogens is 3. The standard InChI is InChI=1S/C38H57ClF2O6/c1-6-11-21-43-27-32-34(45-22-12-7-2)35(46-23-13-8-3)36(47-24-14-9-4)37(42,38(32,40)41)30-17-20-33(39)29(26-30)25-28-15-18-31(19-16-28)44-10-5/h15-20,26,32,34-36,42H,6-14,21-25,27H2,1-5H3/t32-,34-,35+,36-,37-/m1/s1. The minimum atomic E-state index is -3.71. The van der Waals surface area contributed by atoms with E-state index in [1.54, 1.807) is 12.1 Å². The number of aliphatic hydroxyl groups is 1. The van der Waals surface area contributed by atoms with Crippen LogP contribution in [0.2, 0.25) is 5.02 Å². The predicted molar refractivity (Wildman–Crippen MR) is 184 cm³/mol. The molecule has 5 atom stereocenters. The topological polar surface area (TPSA) is 66.4 Å².